The zero-order chi connectivity index (χ0) is 12.1. The Morgan fingerprint density at radius 3 is 2.62 bits per heavy atom. The van der Waals surface area contributed by atoms with Crippen LogP contribution < -0.4 is 4.74 Å². The Balaban J connectivity index is 2.94. The highest BCUT2D eigenvalue weighted by Gasteiger charge is 2.11. The lowest BCUT2D eigenvalue weighted by molar-refractivity contribution is -0.142. The Morgan fingerprint density at radius 1 is 1.38 bits per heavy atom. The third kappa shape index (κ3) is 3.49. The Kier molecular flexibility index (Phi) is 5.28. The molecule has 1 aromatic rings. The van der Waals surface area contributed by atoms with Gasteiger partial charge in [0.1, 0.15) is 5.75 Å². The smallest absolute Gasteiger partial charge is 0.310 e. The first-order chi connectivity index (χ1) is 7.58. The van der Waals surface area contributed by atoms with E-state index in [0.717, 1.165) is 14.5 Å². The van der Waals surface area contributed by atoms with Gasteiger partial charge in [0.05, 0.1) is 20.1 Å². The van der Waals surface area contributed by atoms with Crippen LogP contribution in [0.25, 0.3) is 0 Å². The molecule has 0 aliphatic rings. The predicted molar refractivity (Wildman–Crippen MR) is 68.7 cm³/mol. The molecule has 0 radical (unpaired) electrons. The van der Waals surface area contributed by atoms with Gasteiger partial charge in [0.25, 0.3) is 0 Å². The van der Waals surface area contributed by atoms with E-state index in [0.29, 0.717) is 12.4 Å². The molecule has 88 valence electrons. The van der Waals surface area contributed by atoms with E-state index in [1.807, 2.05) is 12.1 Å². The molecule has 0 saturated carbocycles. The van der Waals surface area contributed by atoms with Crippen molar-refractivity contribution >= 4 is 37.8 Å². The number of carbonyl (C=O) groups excluding carboxylic acids is 1. The molecule has 1 aromatic carbocycles. The van der Waals surface area contributed by atoms with E-state index in [4.69, 9.17) is 9.47 Å². The van der Waals surface area contributed by atoms with Crippen molar-refractivity contribution in [2.45, 2.75) is 13.3 Å². The van der Waals surface area contributed by atoms with Crippen LogP contribution in [0, 0.1) is 0 Å². The highest BCUT2D eigenvalue weighted by Crippen LogP contribution is 2.31. The fourth-order valence-corrected chi connectivity index (χ4v) is 2.08. The second-order valence-electron chi connectivity index (χ2n) is 3.06. The summed E-state index contributed by atoms with van der Waals surface area (Å²) in [6, 6.07) is 3.64. The summed E-state index contributed by atoms with van der Waals surface area (Å²) in [5.74, 6) is 0.456. The molecule has 1 rings (SSSR count). The van der Waals surface area contributed by atoms with Gasteiger partial charge in [0, 0.05) is 8.95 Å². The molecule has 16 heavy (non-hydrogen) atoms. The van der Waals surface area contributed by atoms with Crippen LogP contribution in [0.3, 0.4) is 0 Å². The van der Waals surface area contributed by atoms with Crippen LogP contribution >= 0.6 is 31.9 Å². The number of hydrogen-bond donors (Lipinski definition) is 0. The first-order valence-corrected chi connectivity index (χ1v) is 6.34. The maximum Gasteiger partial charge on any atom is 0.310 e. The van der Waals surface area contributed by atoms with E-state index >= 15 is 0 Å². The van der Waals surface area contributed by atoms with Gasteiger partial charge >= 0.3 is 5.97 Å². The topological polar surface area (TPSA) is 35.5 Å². The number of esters is 1. The molecule has 0 heterocycles. The fraction of sp³-hybridized carbons (Fsp3) is 0.364. The van der Waals surface area contributed by atoms with Crippen LogP contribution in [-0.4, -0.2) is 19.7 Å². The van der Waals surface area contributed by atoms with Crippen molar-refractivity contribution in [2.24, 2.45) is 0 Å². The highest BCUT2D eigenvalue weighted by atomic mass is 79.9. The maximum atomic E-state index is 11.4. The second-order valence-corrected chi connectivity index (χ2v) is 4.71. The molecule has 0 amide bonds. The molecule has 0 saturated heterocycles. The Morgan fingerprint density at radius 2 is 2.06 bits per heavy atom. The number of rotatable bonds is 4. The van der Waals surface area contributed by atoms with E-state index in [-0.39, 0.29) is 12.4 Å². The monoisotopic (exact) mass is 350 g/mol. The number of ether oxygens (including phenoxy) is 2. The van der Waals surface area contributed by atoms with Gasteiger partial charge < -0.3 is 9.47 Å². The molecule has 0 bridgehead atoms. The van der Waals surface area contributed by atoms with E-state index in [2.05, 4.69) is 31.9 Å². The van der Waals surface area contributed by atoms with Crippen molar-refractivity contribution in [2.75, 3.05) is 13.7 Å². The summed E-state index contributed by atoms with van der Waals surface area (Å²) >= 11 is 6.80. The lowest BCUT2D eigenvalue weighted by atomic mass is 10.1. The molecule has 0 fully saturated rings. The molecule has 0 spiro atoms. The number of methoxy groups -OCH3 is 1. The Labute approximate surface area is 111 Å². The number of halogens is 2. The standard InChI is InChI=1S/C11H12Br2O3/c1-3-16-10(14)5-7-4-8(15-2)6-9(12)11(7)13/h4,6H,3,5H2,1-2H3. The number of hydrogen-bond acceptors (Lipinski definition) is 3. The molecule has 0 aliphatic heterocycles. The SMILES string of the molecule is CCOC(=O)Cc1cc(OC)cc(Br)c1Br. The van der Waals surface area contributed by atoms with Crippen molar-refractivity contribution in [3.8, 4) is 5.75 Å². The molecule has 0 unspecified atom stereocenters. The summed E-state index contributed by atoms with van der Waals surface area (Å²) in [7, 11) is 1.59. The van der Waals surface area contributed by atoms with Crippen molar-refractivity contribution in [3.63, 3.8) is 0 Å². The zero-order valence-electron chi connectivity index (χ0n) is 9.05. The second kappa shape index (κ2) is 6.25. The molecule has 0 atom stereocenters. The van der Waals surface area contributed by atoms with Crippen molar-refractivity contribution < 1.29 is 14.3 Å². The largest absolute Gasteiger partial charge is 0.497 e. The quantitative estimate of drug-likeness (QED) is 0.780. The van der Waals surface area contributed by atoms with Crippen LogP contribution in [0.1, 0.15) is 12.5 Å². The van der Waals surface area contributed by atoms with Crippen LogP contribution in [0.2, 0.25) is 0 Å². The van der Waals surface area contributed by atoms with Crippen LogP contribution in [-0.2, 0) is 16.0 Å². The predicted octanol–water partition coefficient (Wildman–Crippen LogP) is 3.33. The van der Waals surface area contributed by atoms with Crippen molar-refractivity contribution in [1.82, 2.24) is 0 Å². The third-order valence-corrected chi connectivity index (χ3v) is 4.05. The zero-order valence-corrected chi connectivity index (χ0v) is 12.2. The van der Waals surface area contributed by atoms with E-state index in [1.165, 1.54) is 0 Å². The van der Waals surface area contributed by atoms with Gasteiger partial charge in [-0.25, -0.2) is 0 Å². The first-order valence-electron chi connectivity index (χ1n) is 4.76. The summed E-state index contributed by atoms with van der Waals surface area (Å²) in [6.07, 6.45) is 0.226. The summed E-state index contributed by atoms with van der Waals surface area (Å²) < 4.78 is 11.7. The maximum absolute atomic E-state index is 11.4. The lowest BCUT2D eigenvalue weighted by Crippen LogP contribution is -2.08. The molecule has 0 aromatic heterocycles. The minimum Gasteiger partial charge on any atom is -0.497 e. The van der Waals surface area contributed by atoms with Gasteiger partial charge in [-0.1, -0.05) is 0 Å². The van der Waals surface area contributed by atoms with Crippen LogP contribution in [0.4, 0.5) is 0 Å². The molecular formula is C11H12Br2O3. The molecule has 0 N–H and O–H groups in total. The average molecular weight is 352 g/mol. The van der Waals surface area contributed by atoms with E-state index < -0.39 is 0 Å². The molecule has 0 aliphatic carbocycles. The minimum atomic E-state index is -0.247. The van der Waals surface area contributed by atoms with Gasteiger partial charge in [0.2, 0.25) is 0 Å². The summed E-state index contributed by atoms with van der Waals surface area (Å²) in [4.78, 5) is 11.4. The number of benzene rings is 1. The lowest BCUT2D eigenvalue weighted by Gasteiger charge is -2.09. The fourth-order valence-electron chi connectivity index (χ4n) is 1.23. The van der Waals surface area contributed by atoms with E-state index in [1.54, 1.807) is 14.0 Å². The Hall–Kier alpha value is -0.550. The molecule has 3 nitrogen and oxygen atoms in total. The van der Waals surface area contributed by atoms with Gasteiger partial charge in [-0.2, -0.15) is 0 Å². The molecule has 5 heteroatoms. The van der Waals surface area contributed by atoms with Gasteiger partial charge in [0.15, 0.2) is 0 Å². The van der Waals surface area contributed by atoms with Crippen LogP contribution in [0.15, 0.2) is 21.1 Å². The summed E-state index contributed by atoms with van der Waals surface area (Å²) in [5.41, 5.74) is 0.838. The van der Waals surface area contributed by atoms with Crippen LogP contribution in [0.5, 0.6) is 5.75 Å². The highest BCUT2D eigenvalue weighted by molar-refractivity contribution is 9.13. The van der Waals surface area contributed by atoms with Gasteiger partial charge in [-0.3, -0.25) is 4.79 Å². The Bertz CT molecular complexity index is 391. The minimum absolute atomic E-state index is 0.226. The van der Waals surface area contributed by atoms with E-state index in [9.17, 15) is 4.79 Å². The van der Waals surface area contributed by atoms with Crippen molar-refractivity contribution in [3.05, 3.63) is 26.6 Å². The molecular weight excluding hydrogens is 340 g/mol. The number of carbonyl (C=O) groups is 1. The first kappa shape index (κ1) is 13.5. The van der Waals surface area contributed by atoms with Crippen molar-refractivity contribution in [1.29, 1.82) is 0 Å². The third-order valence-electron chi connectivity index (χ3n) is 1.95. The van der Waals surface area contributed by atoms with Gasteiger partial charge in [-0.05, 0) is 56.5 Å². The van der Waals surface area contributed by atoms with Gasteiger partial charge in [-0.15, -0.1) is 0 Å². The average Bonchev–Trinajstić information content (AvgIpc) is 2.24. The normalized spacial score (nSPS) is 10.0. The summed E-state index contributed by atoms with van der Waals surface area (Å²) in [5, 5.41) is 0. The summed E-state index contributed by atoms with van der Waals surface area (Å²) in [6.45, 7) is 2.18.